The summed E-state index contributed by atoms with van der Waals surface area (Å²) in [7, 11) is 1.64. The Kier molecular flexibility index (Phi) is 7.13. The van der Waals surface area contributed by atoms with Gasteiger partial charge in [-0.05, 0) is 54.3 Å². The van der Waals surface area contributed by atoms with Crippen molar-refractivity contribution in [3.05, 3.63) is 89.5 Å². The number of carbonyl (C=O) groups excluding carboxylic acids is 2. The number of anilines is 1. The summed E-state index contributed by atoms with van der Waals surface area (Å²) in [5, 5.41) is 12.5. The molecule has 1 aromatic heterocycles. The van der Waals surface area contributed by atoms with Crippen LogP contribution in [0.4, 0.5) is 5.69 Å². The zero-order chi connectivity index (χ0) is 24.9. The fraction of sp³-hybridized carbons (Fsp3) is 0.214. The van der Waals surface area contributed by atoms with Crippen molar-refractivity contribution in [1.29, 1.82) is 0 Å². The third-order valence-corrected chi connectivity index (χ3v) is 7.15. The number of rotatable bonds is 9. The van der Waals surface area contributed by atoms with Crippen molar-refractivity contribution in [2.24, 2.45) is 0 Å². The molecule has 0 saturated heterocycles. The molecule has 1 aliphatic heterocycles. The number of aryl methyl sites for hydroxylation is 2. The van der Waals surface area contributed by atoms with Gasteiger partial charge in [-0.15, -0.1) is 10.2 Å². The summed E-state index contributed by atoms with van der Waals surface area (Å²) in [6, 6.07) is 23.5. The normalized spacial score (nSPS) is 12.6. The molecule has 1 aliphatic rings. The molecule has 1 N–H and O–H groups in total. The van der Waals surface area contributed by atoms with Gasteiger partial charge < -0.3 is 14.6 Å². The van der Waals surface area contributed by atoms with Crippen LogP contribution in [0, 0.1) is 0 Å². The summed E-state index contributed by atoms with van der Waals surface area (Å²) in [6.45, 7) is 0.666. The SMILES string of the molecule is COc1ccccc1-c1nnc(SCC(=O)c2ccc3c(c2)CCC(=O)N3)n1CCc1ccccc1. The van der Waals surface area contributed by atoms with Gasteiger partial charge in [0.05, 0.1) is 18.4 Å². The monoisotopic (exact) mass is 498 g/mol. The van der Waals surface area contributed by atoms with Crippen LogP contribution in [-0.4, -0.2) is 39.3 Å². The van der Waals surface area contributed by atoms with E-state index in [1.165, 1.54) is 17.3 Å². The molecule has 0 spiro atoms. The lowest BCUT2D eigenvalue weighted by Gasteiger charge is -2.17. The van der Waals surface area contributed by atoms with E-state index in [1.807, 2.05) is 54.6 Å². The Morgan fingerprint density at radius 3 is 2.67 bits per heavy atom. The number of thioether (sulfide) groups is 1. The van der Waals surface area contributed by atoms with Crippen molar-refractivity contribution < 1.29 is 14.3 Å². The Morgan fingerprint density at radius 2 is 1.83 bits per heavy atom. The van der Waals surface area contributed by atoms with Gasteiger partial charge in [-0.1, -0.05) is 54.2 Å². The third kappa shape index (κ3) is 5.18. The largest absolute Gasteiger partial charge is 0.496 e. The molecule has 0 fully saturated rings. The fourth-order valence-electron chi connectivity index (χ4n) is 4.28. The number of nitrogens with zero attached hydrogens (tertiary/aromatic N) is 3. The van der Waals surface area contributed by atoms with E-state index in [9.17, 15) is 9.59 Å². The molecule has 1 amide bonds. The summed E-state index contributed by atoms with van der Waals surface area (Å²) in [5.74, 6) is 1.69. The molecule has 2 heterocycles. The van der Waals surface area contributed by atoms with Crippen LogP contribution in [0.15, 0.2) is 78.0 Å². The second-order valence-electron chi connectivity index (χ2n) is 8.53. The van der Waals surface area contributed by atoms with Crippen LogP contribution in [0.3, 0.4) is 0 Å². The summed E-state index contributed by atoms with van der Waals surface area (Å²) < 4.78 is 7.63. The first-order chi connectivity index (χ1) is 17.6. The molecule has 36 heavy (non-hydrogen) atoms. The smallest absolute Gasteiger partial charge is 0.224 e. The Balaban J connectivity index is 1.38. The quantitative estimate of drug-likeness (QED) is 0.257. The van der Waals surface area contributed by atoms with E-state index < -0.39 is 0 Å². The van der Waals surface area contributed by atoms with Gasteiger partial charge in [-0.3, -0.25) is 9.59 Å². The summed E-state index contributed by atoms with van der Waals surface area (Å²) >= 11 is 1.38. The van der Waals surface area contributed by atoms with E-state index in [4.69, 9.17) is 4.74 Å². The molecule has 0 saturated carbocycles. The minimum atomic E-state index is 0.0103. The standard InChI is InChI=1S/C28H26N4O3S/c1-35-25-10-6-5-9-22(25)27-30-31-28(32(27)16-15-19-7-3-2-4-8-19)36-18-24(33)21-11-13-23-20(17-21)12-14-26(34)29-23/h2-11,13,17H,12,14-16,18H2,1H3,(H,29,34). The van der Waals surface area contributed by atoms with E-state index in [-0.39, 0.29) is 17.4 Å². The molecule has 0 atom stereocenters. The van der Waals surface area contributed by atoms with Gasteiger partial charge in [0.25, 0.3) is 0 Å². The second-order valence-corrected chi connectivity index (χ2v) is 9.47. The first kappa shape index (κ1) is 23.8. The molecule has 0 radical (unpaired) electrons. The maximum atomic E-state index is 13.1. The highest BCUT2D eigenvalue weighted by molar-refractivity contribution is 7.99. The Labute approximate surface area is 213 Å². The lowest BCUT2D eigenvalue weighted by atomic mass is 9.99. The average molecular weight is 499 g/mol. The highest BCUT2D eigenvalue weighted by Crippen LogP contribution is 2.32. The maximum Gasteiger partial charge on any atom is 0.224 e. The molecule has 8 heteroatoms. The Bertz CT molecular complexity index is 1400. The van der Waals surface area contributed by atoms with Crippen molar-refractivity contribution >= 4 is 29.1 Å². The number of carbonyl (C=O) groups is 2. The van der Waals surface area contributed by atoms with Gasteiger partial charge in [0.2, 0.25) is 5.91 Å². The first-order valence-corrected chi connectivity index (χ1v) is 12.8. The lowest BCUT2D eigenvalue weighted by molar-refractivity contribution is -0.116. The molecule has 0 bridgehead atoms. The van der Waals surface area contributed by atoms with E-state index in [0.717, 1.165) is 29.0 Å². The van der Waals surface area contributed by atoms with Gasteiger partial charge in [0.1, 0.15) is 5.75 Å². The van der Waals surface area contributed by atoms with E-state index in [0.29, 0.717) is 35.9 Å². The van der Waals surface area contributed by atoms with Crippen molar-refractivity contribution in [2.75, 3.05) is 18.2 Å². The molecule has 7 nitrogen and oxygen atoms in total. The maximum absolute atomic E-state index is 13.1. The van der Waals surface area contributed by atoms with Crippen LogP contribution in [0.1, 0.15) is 27.9 Å². The number of hydrogen-bond acceptors (Lipinski definition) is 6. The molecule has 5 rings (SSSR count). The zero-order valence-electron chi connectivity index (χ0n) is 19.9. The van der Waals surface area contributed by atoms with Crippen LogP contribution in [0.5, 0.6) is 5.75 Å². The van der Waals surface area contributed by atoms with Crippen molar-refractivity contribution in [1.82, 2.24) is 14.8 Å². The highest BCUT2D eigenvalue weighted by Gasteiger charge is 2.20. The Morgan fingerprint density at radius 1 is 1.03 bits per heavy atom. The van der Waals surface area contributed by atoms with Gasteiger partial charge in [-0.25, -0.2) is 0 Å². The molecule has 0 unspecified atom stereocenters. The van der Waals surface area contributed by atoms with Crippen LogP contribution in [0.25, 0.3) is 11.4 Å². The molecule has 4 aromatic rings. The number of benzene rings is 3. The van der Waals surface area contributed by atoms with E-state index >= 15 is 0 Å². The predicted octanol–water partition coefficient (Wildman–Crippen LogP) is 5.06. The number of aromatic nitrogens is 3. The van der Waals surface area contributed by atoms with Crippen molar-refractivity contribution in [3.8, 4) is 17.1 Å². The molecule has 0 aliphatic carbocycles. The van der Waals surface area contributed by atoms with Crippen LogP contribution >= 0.6 is 11.8 Å². The number of Topliss-reactive ketones (excluding diaryl/α,β-unsaturated/α-hetero) is 1. The highest BCUT2D eigenvalue weighted by atomic mass is 32.2. The van der Waals surface area contributed by atoms with Gasteiger partial charge >= 0.3 is 0 Å². The molecular formula is C28H26N4O3S. The Hall–Kier alpha value is -3.91. The van der Waals surface area contributed by atoms with Crippen LogP contribution < -0.4 is 10.1 Å². The number of para-hydroxylation sites is 1. The average Bonchev–Trinajstić information content (AvgIpc) is 3.33. The fourth-order valence-corrected chi connectivity index (χ4v) is 5.14. The van der Waals surface area contributed by atoms with E-state index in [1.54, 1.807) is 13.2 Å². The zero-order valence-corrected chi connectivity index (χ0v) is 20.8. The van der Waals surface area contributed by atoms with Crippen LogP contribution in [0.2, 0.25) is 0 Å². The second kappa shape index (κ2) is 10.8. The first-order valence-electron chi connectivity index (χ1n) is 11.8. The molecule has 182 valence electrons. The number of nitrogens with one attached hydrogen (secondary N) is 1. The number of amides is 1. The number of fused-ring (bicyclic) bond motifs is 1. The third-order valence-electron chi connectivity index (χ3n) is 6.19. The van der Waals surface area contributed by atoms with Gasteiger partial charge in [0, 0.05) is 24.2 Å². The van der Waals surface area contributed by atoms with Gasteiger partial charge in [0.15, 0.2) is 16.8 Å². The predicted molar refractivity (Wildman–Crippen MR) is 141 cm³/mol. The minimum Gasteiger partial charge on any atom is -0.496 e. The van der Waals surface area contributed by atoms with E-state index in [2.05, 4.69) is 32.2 Å². The van der Waals surface area contributed by atoms with Crippen LogP contribution in [-0.2, 0) is 24.2 Å². The summed E-state index contributed by atoms with van der Waals surface area (Å²) in [6.07, 6.45) is 1.89. The van der Waals surface area contributed by atoms with Crippen molar-refractivity contribution in [2.45, 2.75) is 31.0 Å². The number of ether oxygens (including phenoxy) is 1. The summed E-state index contributed by atoms with van der Waals surface area (Å²) in [5.41, 5.74) is 4.49. The number of methoxy groups -OCH3 is 1. The molecular weight excluding hydrogens is 472 g/mol. The minimum absolute atomic E-state index is 0.0103. The van der Waals surface area contributed by atoms with Crippen molar-refractivity contribution in [3.63, 3.8) is 0 Å². The summed E-state index contributed by atoms with van der Waals surface area (Å²) in [4.78, 5) is 24.7. The molecule has 3 aromatic carbocycles. The lowest BCUT2D eigenvalue weighted by Crippen LogP contribution is -2.19. The van der Waals surface area contributed by atoms with Gasteiger partial charge in [-0.2, -0.15) is 0 Å². The number of ketones is 1. The number of hydrogen-bond donors (Lipinski definition) is 1. The topological polar surface area (TPSA) is 86.1 Å².